The Labute approximate surface area is 181 Å². The van der Waals surface area contributed by atoms with E-state index in [1.54, 1.807) is 6.26 Å². The molecule has 4 aromatic heterocycles. The number of hydrogen-bond donors (Lipinski definition) is 0. The average molecular weight is 433 g/mol. The summed E-state index contributed by atoms with van der Waals surface area (Å²) in [6.45, 7) is 2.61. The number of fused-ring (bicyclic) bond motifs is 1. The first-order valence-corrected chi connectivity index (χ1v) is 11.1. The number of para-hydroxylation sites is 1. The fourth-order valence-electron chi connectivity index (χ4n) is 3.67. The SMILES string of the molecule is Cc1c(-c2nnc(CSc3nnc(C4CC4)n3Cc3ccco3)o2)oc2ccccc12. The zero-order chi connectivity index (χ0) is 20.8. The third-order valence-electron chi connectivity index (χ3n) is 5.41. The molecule has 8 nitrogen and oxygen atoms in total. The molecule has 1 fully saturated rings. The van der Waals surface area contributed by atoms with Crippen LogP contribution in [-0.4, -0.2) is 25.0 Å². The summed E-state index contributed by atoms with van der Waals surface area (Å²) < 4.78 is 19.5. The lowest BCUT2D eigenvalue weighted by atomic mass is 10.1. The van der Waals surface area contributed by atoms with Gasteiger partial charge >= 0.3 is 0 Å². The minimum Gasteiger partial charge on any atom is -0.467 e. The molecular formula is C22H19N5O3S. The van der Waals surface area contributed by atoms with Gasteiger partial charge in [-0.3, -0.25) is 4.57 Å². The summed E-state index contributed by atoms with van der Waals surface area (Å²) in [5.41, 5.74) is 1.80. The van der Waals surface area contributed by atoms with Gasteiger partial charge in [-0.25, -0.2) is 0 Å². The van der Waals surface area contributed by atoms with E-state index < -0.39 is 0 Å². The number of benzene rings is 1. The molecule has 31 heavy (non-hydrogen) atoms. The van der Waals surface area contributed by atoms with Crippen molar-refractivity contribution in [1.29, 1.82) is 0 Å². The summed E-state index contributed by atoms with van der Waals surface area (Å²) in [5.74, 6) is 4.39. The van der Waals surface area contributed by atoms with Crippen molar-refractivity contribution in [3.05, 3.63) is 65.7 Å². The molecule has 156 valence electrons. The molecule has 0 amide bonds. The lowest BCUT2D eigenvalue weighted by Gasteiger charge is -2.07. The predicted octanol–water partition coefficient (Wildman–Crippen LogP) is 5.19. The van der Waals surface area contributed by atoms with Crippen LogP contribution in [0.15, 0.2) is 61.1 Å². The van der Waals surface area contributed by atoms with Crippen LogP contribution in [0.1, 0.15) is 41.8 Å². The normalized spacial score (nSPS) is 14.0. The van der Waals surface area contributed by atoms with E-state index in [0.717, 1.165) is 46.1 Å². The Kier molecular flexibility index (Phi) is 4.41. The molecule has 0 spiro atoms. The molecule has 0 saturated heterocycles. The topological polar surface area (TPSA) is 95.9 Å². The molecule has 1 saturated carbocycles. The van der Waals surface area contributed by atoms with Gasteiger partial charge < -0.3 is 13.3 Å². The number of hydrogen-bond acceptors (Lipinski definition) is 8. The number of aryl methyl sites for hydroxylation is 1. The quantitative estimate of drug-likeness (QED) is 0.323. The highest BCUT2D eigenvalue weighted by molar-refractivity contribution is 7.98. The minimum atomic E-state index is 0.389. The maximum Gasteiger partial charge on any atom is 0.284 e. The van der Waals surface area contributed by atoms with Gasteiger partial charge in [0.2, 0.25) is 5.89 Å². The number of aromatic nitrogens is 5. The smallest absolute Gasteiger partial charge is 0.284 e. The summed E-state index contributed by atoms with van der Waals surface area (Å²) in [4.78, 5) is 0. The van der Waals surface area contributed by atoms with Crippen molar-refractivity contribution in [3.63, 3.8) is 0 Å². The molecule has 4 heterocycles. The molecule has 0 N–H and O–H groups in total. The molecule has 6 rings (SSSR count). The van der Waals surface area contributed by atoms with E-state index in [1.165, 1.54) is 11.8 Å². The Balaban J connectivity index is 1.23. The lowest BCUT2D eigenvalue weighted by molar-refractivity contribution is 0.478. The number of furan rings is 2. The van der Waals surface area contributed by atoms with Gasteiger partial charge in [-0.2, -0.15) is 0 Å². The molecule has 0 atom stereocenters. The van der Waals surface area contributed by atoms with Crippen molar-refractivity contribution in [2.45, 2.75) is 43.1 Å². The highest BCUT2D eigenvalue weighted by Crippen LogP contribution is 2.40. The second kappa shape index (κ2) is 7.42. The summed E-state index contributed by atoms with van der Waals surface area (Å²) in [6.07, 6.45) is 4.00. The van der Waals surface area contributed by atoms with Gasteiger partial charge in [-0.15, -0.1) is 20.4 Å². The van der Waals surface area contributed by atoms with Gasteiger partial charge in [0.1, 0.15) is 17.2 Å². The van der Waals surface area contributed by atoms with E-state index in [1.807, 2.05) is 43.3 Å². The number of nitrogens with zero attached hydrogens (tertiary/aromatic N) is 5. The third kappa shape index (κ3) is 3.44. The fraction of sp³-hybridized carbons (Fsp3) is 0.273. The van der Waals surface area contributed by atoms with Crippen LogP contribution in [0.3, 0.4) is 0 Å². The Morgan fingerprint density at radius 1 is 1.03 bits per heavy atom. The first-order chi connectivity index (χ1) is 15.3. The summed E-state index contributed by atoms with van der Waals surface area (Å²) in [7, 11) is 0. The molecule has 5 aromatic rings. The van der Waals surface area contributed by atoms with Crippen LogP contribution in [-0.2, 0) is 12.3 Å². The maximum atomic E-state index is 5.94. The molecule has 1 aliphatic carbocycles. The largest absolute Gasteiger partial charge is 0.467 e. The van der Waals surface area contributed by atoms with Crippen LogP contribution < -0.4 is 0 Å². The van der Waals surface area contributed by atoms with Crippen molar-refractivity contribution >= 4 is 22.7 Å². The monoisotopic (exact) mass is 433 g/mol. The van der Waals surface area contributed by atoms with Crippen LogP contribution in [0, 0.1) is 6.92 Å². The van der Waals surface area contributed by atoms with Gasteiger partial charge in [-0.05, 0) is 38.0 Å². The molecule has 1 aliphatic rings. The Hall–Kier alpha value is -3.33. The molecule has 0 bridgehead atoms. The first kappa shape index (κ1) is 18.4. The van der Waals surface area contributed by atoms with Crippen molar-refractivity contribution < 1.29 is 13.3 Å². The molecule has 0 radical (unpaired) electrons. The second-order valence-electron chi connectivity index (χ2n) is 7.62. The first-order valence-electron chi connectivity index (χ1n) is 10.2. The highest BCUT2D eigenvalue weighted by Gasteiger charge is 2.31. The third-order valence-corrected chi connectivity index (χ3v) is 6.36. The van der Waals surface area contributed by atoms with E-state index in [4.69, 9.17) is 13.3 Å². The summed E-state index contributed by atoms with van der Waals surface area (Å²) >= 11 is 1.53. The van der Waals surface area contributed by atoms with Crippen molar-refractivity contribution in [1.82, 2.24) is 25.0 Å². The fourth-order valence-corrected chi connectivity index (χ4v) is 4.45. The number of thioether (sulfide) groups is 1. The average Bonchev–Trinajstić information content (AvgIpc) is 3.17. The Morgan fingerprint density at radius 3 is 2.74 bits per heavy atom. The molecule has 9 heteroatoms. The molecule has 1 aromatic carbocycles. The maximum absolute atomic E-state index is 5.94. The van der Waals surface area contributed by atoms with E-state index >= 15 is 0 Å². The van der Waals surface area contributed by atoms with Crippen LogP contribution >= 0.6 is 11.8 Å². The number of rotatable bonds is 7. The van der Waals surface area contributed by atoms with Crippen LogP contribution in [0.2, 0.25) is 0 Å². The van der Waals surface area contributed by atoms with Crippen LogP contribution in [0.4, 0.5) is 0 Å². The van der Waals surface area contributed by atoms with Gasteiger partial charge in [0.05, 0.1) is 18.6 Å². The van der Waals surface area contributed by atoms with Crippen LogP contribution in [0.25, 0.3) is 22.6 Å². The van der Waals surface area contributed by atoms with Crippen LogP contribution in [0.5, 0.6) is 0 Å². The molecule has 0 aliphatic heterocycles. The van der Waals surface area contributed by atoms with E-state index in [-0.39, 0.29) is 0 Å². The van der Waals surface area contributed by atoms with Crippen molar-refractivity contribution in [2.75, 3.05) is 0 Å². The summed E-state index contributed by atoms with van der Waals surface area (Å²) in [6, 6.07) is 11.7. The zero-order valence-corrected chi connectivity index (χ0v) is 17.6. The Bertz CT molecular complexity index is 1350. The van der Waals surface area contributed by atoms with Gasteiger partial charge in [0.25, 0.3) is 5.89 Å². The highest BCUT2D eigenvalue weighted by atomic mass is 32.2. The Morgan fingerprint density at radius 2 is 1.94 bits per heavy atom. The summed E-state index contributed by atoms with van der Waals surface area (Å²) in [5, 5.41) is 19.1. The van der Waals surface area contributed by atoms with E-state index in [9.17, 15) is 0 Å². The van der Waals surface area contributed by atoms with E-state index in [2.05, 4.69) is 25.0 Å². The standard InChI is InChI=1S/C22H19N5O3S/c1-13-16-6-2-3-7-17(16)29-19(13)21-25-23-18(30-21)12-31-22-26-24-20(14-8-9-14)27(22)11-15-5-4-10-28-15/h2-7,10,14H,8-9,11-12H2,1H3. The van der Waals surface area contributed by atoms with Gasteiger partial charge in [0, 0.05) is 16.9 Å². The zero-order valence-electron chi connectivity index (χ0n) is 16.8. The van der Waals surface area contributed by atoms with Gasteiger partial charge in [0.15, 0.2) is 10.9 Å². The minimum absolute atomic E-state index is 0.389. The van der Waals surface area contributed by atoms with Crippen molar-refractivity contribution in [3.8, 4) is 11.7 Å². The second-order valence-corrected chi connectivity index (χ2v) is 8.57. The van der Waals surface area contributed by atoms with E-state index in [0.29, 0.717) is 35.8 Å². The predicted molar refractivity (Wildman–Crippen MR) is 114 cm³/mol. The molecular weight excluding hydrogens is 414 g/mol. The lowest BCUT2D eigenvalue weighted by Crippen LogP contribution is -2.05. The van der Waals surface area contributed by atoms with Crippen molar-refractivity contribution in [2.24, 2.45) is 0 Å². The van der Waals surface area contributed by atoms with Gasteiger partial charge in [-0.1, -0.05) is 30.0 Å². The molecule has 0 unspecified atom stereocenters.